The van der Waals surface area contributed by atoms with Gasteiger partial charge >= 0.3 is 0 Å². The van der Waals surface area contributed by atoms with E-state index < -0.39 is 23.3 Å². The van der Waals surface area contributed by atoms with Gasteiger partial charge in [-0.1, -0.05) is 67.6 Å². The zero-order valence-electron chi connectivity index (χ0n) is 21.5. The predicted molar refractivity (Wildman–Crippen MR) is 140 cm³/mol. The zero-order valence-corrected chi connectivity index (χ0v) is 21.5. The predicted octanol–water partition coefficient (Wildman–Crippen LogP) is 5.32. The Kier molecular flexibility index (Phi) is 9.23. The standard InChI is InChI=1S/C30H35FN2O3/c1-5-22-15-17-25(18-16-22)36-21-28(34)33(20-24-13-9-10-14-26(24)31)27(29(35)32-30(2,3)4)19-23-11-7-6-8-12-23/h6-18,27H,5,19-21H2,1-4H3,(H,32,35). The third-order valence-corrected chi connectivity index (χ3v) is 5.76. The molecule has 36 heavy (non-hydrogen) atoms. The Bertz CT molecular complexity index is 1140. The van der Waals surface area contributed by atoms with Gasteiger partial charge in [0.15, 0.2) is 6.61 Å². The summed E-state index contributed by atoms with van der Waals surface area (Å²) in [5.74, 6) is -0.572. The zero-order chi connectivity index (χ0) is 26.1. The number of nitrogens with one attached hydrogen (secondary N) is 1. The van der Waals surface area contributed by atoms with E-state index >= 15 is 0 Å². The largest absolute Gasteiger partial charge is 0.484 e. The van der Waals surface area contributed by atoms with Crippen molar-refractivity contribution in [2.75, 3.05) is 6.61 Å². The second-order valence-electron chi connectivity index (χ2n) is 9.84. The van der Waals surface area contributed by atoms with Crippen LogP contribution in [0.1, 0.15) is 44.4 Å². The summed E-state index contributed by atoms with van der Waals surface area (Å²) in [6.07, 6.45) is 1.19. The maximum absolute atomic E-state index is 14.6. The van der Waals surface area contributed by atoms with Gasteiger partial charge in [-0.2, -0.15) is 0 Å². The average molecular weight is 491 g/mol. The van der Waals surface area contributed by atoms with Gasteiger partial charge in [-0.25, -0.2) is 4.39 Å². The molecule has 0 saturated heterocycles. The lowest BCUT2D eigenvalue weighted by Crippen LogP contribution is -2.55. The van der Waals surface area contributed by atoms with Crippen LogP contribution in [0.2, 0.25) is 0 Å². The molecule has 6 heteroatoms. The first kappa shape index (κ1) is 26.9. The molecule has 2 amide bonds. The summed E-state index contributed by atoms with van der Waals surface area (Å²) >= 11 is 0. The van der Waals surface area contributed by atoms with Crippen LogP contribution in [0.5, 0.6) is 5.75 Å². The molecule has 3 aromatic rings. The molecule has 0 saturated carbocycles. The van der Waals surface area contributed by atoms with Crippen LogP contribution in [-0.2, 0) is 29.0 Å². The minimum atomic E-state index is -0.857. The monoisotopic (exact) mass is 490 g/mol. The van der Waals surface area contributed by atoms with E-state index in [1.54, 1.807) is 18.2 Å². The fourth-order valence-corrected chi connectivity index (χ4v) is 3.87. The third-order valence-electron chi connectivity index (χ3n) is 5.76. The van der Waals surface area contributed by atoms with Gasteiger partial charge in [0.1, 0.15) is 17.6 Å². The van der Waals surface area contributed by atoms with E-state index in [0.717, 1.165) is 17.5 Å². The Morgan fingerprint density at radius 3 is 2.17 bits per heavy atom. The quantitative estimate of drug-likeness (QED) is 0.418. The minimum Gasteiger partial charge on any atom is -0.484 e. The number of benzene rings is 3. The van der Waals surface area contributed by atoms with Crippen LogP contribution in [0, 0.1) is 5.82 Å². The summed E-state index contributed by atoms with van der Waals surface area (Å²) < 4.78 is 20.4. The van der Waals surface area contributed by atoms with E-state index in [0.29, 0.717) is 11.3 Å². The molecule has 0 spiro atoms. The molecule has 0 heterocycles. The summed E-state index contributed by atoms with van der Waals surface area (Å²) in [4.78, 5) is 28.5. The Morgan fingerprint density at radius 2 is 1.56 bits per heavy atom. The highest BCUT2D eigenvalue weighted by Gasteiger charge is 2.32. The van der Waals surface area contributed by atoms with Crippen LogP contribution < -0.4 is 10.1 Å². The van der Waals surface area contributed by atoms with Gasteiger partial charge in [0, 0.05) is 24.1 Å². The molecule has 5 nitrogen and oxygen atoms in total. The lowest BCUT2D eigenvalue weighted by atomic mass is 10.0. The number of halogens is 1. The van der Waals surface area contributed by atoms with E-state index in [4.69, 9.17) is 4.74 Å². The lowest BCUT2D eigenvalue weighted by Gasteiger charge is -2.33. The van der Waals surface area contributed by atoms with E-state index in [1.165, 1.54) is 11.0 Å². The molecule has 1 atom stereocenters. The highest BCUT2D eigenvalue weighted by molar-refractivity contribution is 5.89. The molecule has 0 aromatic heterocycles. The van der Waals surface area contributed by atoms with Crippen LogP contribution in [-0.4, -0.2) is 34.9 Å². The fraction of sp³-hybridized carbons (Fsp3) is 0.333. The molecule has 3 rings (SSSR count). The molecule has 0 fully saturated rings. The third kappa shape index (κ3) is 7.94. The smallest absolute Gasteiger partial charge is 0.261 e. The summed E-state index contributed by atoms with van der Waals surface area (Å²) in [6, 6.07) is 22.5. The second kappa shape index (κ2) is 12.3. The number of carbonyl (C=O) groups excluding carboxylic acids is 2. The van der Waals surface area contributed by atoms with Crippen LogP contribution >= 0.6 is 0 Å². The molecule has 0 aliphatic rings. The molecule has 0 aliphatic carbocycles. The Morgan fingerprint density at radius 1 is 0.917 bits per heavy atom. The molecule has 0 aliphatic heterocycles. The topological polar surface area (TPSA) is 58.6 Å². The molecule has 3 aromatic carbocycles. The molecule has 1 N–H and O–H groups in total. The van der Waals surface area contributed by atoms with Crippen molar-refractivity contribution in [3.8, 4) is 5.75 Å². The molecule has 190 valence electrons. The van der Waals surface area contributed by atoms with Gasteiger partial charge in [0.05, 0.1) is 0 Å². The van der Waals surface area contributed by atoms with Crippen molar-refractivity contribution in [3.05, 3.63) is 101 Å². The SMILES string of the molecule is CCc1ccc(OCC(=O)N(Cc2ccccc2F)C(Cc2ccccc2)C(=O)NC(C)(C)C)cc1. The van der Waals surface area contributed by atoms with Crippen molar-refractivity contribution in [2.24, 2.45) is 0 Å². The number of aryl methyl sites for hydroxylation is 1. The molecule has 0 bridgehead atoms. The molecule has 1 unspecified atom stereocenters. The van der Waals surface area contributed by atoms with Crippen molar-refractivity contribution in [2.45, 2.75) is 58.7 Å². The number of nitrogens with zero attached hydrogens (tertiary/aromatic N) is 1. The second-order valence-corrected chi connectivity index (χ2v) is 9.84. The highest BCUT2D eigenvalue weighted by atomic mass is 19.1. The highest BCUT2D eigenvalue weighted by Crippen LogP contribution is 2.19. The fourth-order valence-electron chi connectivity index (χ4n) is 3.87. The minimum absolute atomic E-state index is 0.0568. The molecule has 0 radical (unpaired) electrons. The van der Waals surface area contributed by atoms with E-state index in [9.17, 15) is 14.0 Å². The number of hydrogen-bond donors (Lipinski definition) is 1. The number of carbonyl (C=O) groups is 2. The Hall–Kier alpha value is -3.67. The summed E-state index contributed by atoms with van der Waals surface area (Å²) in [6.45, 7) is 7.39. The van der Waals surface area contributed by atoms with E-state index in [2.05, 4.69) is 12.2 Å². The number of rotatable bonds is 10. The van der Waals surface area contributed by atoms with Crippen molar-refractivity contribution in [3.63, 3.8) is 0 Å². The summed E-state index contributed by atoms with van der Waals surface area (Å²) in [5.41, 5.74) is 1.89. The van der Waals surface area contributed by atoms with Crippen molar-refractivity contribution in [1.29, 1.82) is 0 Å². The maximum atomic E-state index is 14.6. The Balaban J connectivity index is 1.92. The van der Waals surface area contributed by atoms with Crippen molar-refractivity contribution in [1.82, 2.24) is 10.2 Å². The first-order valence-electron chi connectivity index (χ1n) is 12.3. The average Bonchev–Trinajstić information content (AvgIpc) is 2.85. The van der Waals surface area contributed by atoms with Crippen LogP contribution in [0.25, 0.3) is 0 Å². The molecular weight excluding hydrogens is 455 g/mol. The van der Waals surface area contributed by atoms with E-state index in [1.807, 2.05) is 75.4 Å². The van der Waals surface area contributed by atoms with Crippen LogP contribution in [0.15, 0.2) is 78.9 Å². The summed E-state index contributed by atoms with van der Waals surface area (Å²) in [5, 5.41) is 2.99. The van der Waals surface area contributed by atoms with Gasteiger partial charge in [0.25, 0.3) is 5.91 Å². The van der Waals surface area contributed by atoms with Gasteiger partial charge in [0.2, 0.25) is 5.91 Å². The number of amides is 2. The van der Waals surface area contributed by atoms with Crippen LogP contribution in [0.4, 0.5) is 4.39 Å². The molecular formula is C30H35FN2O3. The van der Waals surface area contributed by atoms with Gasteiger partial charge in [-0.3, -0.25) is 9.59 Å². The Labute approximate surface area is 213 Å². The number of hydrogen-bond acceptors (Lipinski definition) is 3. The lowest BCUT2D eigenvalue weighted by molar-refractivity contribution is -0.143. The van der Waals surface area contributed by atoms with Gasteiger partial charge in [-0.15, -0.1) is 0 Å². The van der Waals surface area contributed by atoms with E-state index in [-0.39, 0.29) is 25.5 Å². The number of ether oxygens (including phenoxy) is 1. The maximum Gasteiger partial charge on any atom is 0.261 e. The van der Waals surface area contributed by atoms with Gasteiger partial charge < -0.3 is 15.0 Å². The van der Waals surface area contributed by atoms with Crippen molar-refractivity contribution < 1.29 is 18.7 Å². The van der Waals surface area contributed by atoms with Crippen LogP contribution in [0.3, 0.4) is 0 Å². The normalized spacial score (nSPS) is 12.0. The van der Waals surface area contributed by atoms with Crippen molar-refractivity contribution >= 4 is 11.8 Å². The first-order chi connectivity index (χ1) is 17.2. The first-order valence-corrected chi connectivity index (χ1v) is 12.3. The van der Waals surface area contributed by atoms with Gasteiger partial charge in [-0.05, 0) is 56.5 Å². The summed E-state index contributed by atoms with van der Waals surface area (Å²) in [7, 11) is 0.